The topological polar surface area (TPSA) is 74.6 Å². The number of unbranched alkanes of at least 4 members (excludes halogenated alkanes) is 13. The molecule has 0 aliphatic carbocycles. The Balaban J connectivity index is 0. The van der Waals surface area contributed by atoms with Crippen LogP contribution in [0.25, 0.3) is 0 Å². The molecule has 0 atom stereocenters. The van der Waals surface area contributed by atoms with Crippen LogP contribution in [0.5, 0.6) is 0 Å². The van der Waals surface area contributed by atoms with Crippen LogP contribution in [0.4, 0.5) is 0 Å². The molecule has 0 fully saturated rings. The highest BCUT2D eigenvalue weighted by atomic mass is 16.4. The average Bonchev–Trinajstić information content (AvgIpc) is 2.60. The van der Waals surface area contributed by atoms with Crippen LogP contribution in [-0.2, 0) is 9.59 Å². The molecule has 0 amide bonds. The van der Waals surface area contributed by atoms with Gasteiger partial charge in [-0.3, -0.25) is 9.59 Å². The highest BCUT2D eigenvalue weighted by Crippen LogP contribution is 2.09. The van der Waals surface area contributed by atoms with E-state index < -0.39 is 11.9 Å². The SMILES string of the molecule is C=CCCCCCCCCC(=O)O.CCCCCCCCCCC(=O)O. The summed E-state index contributed by atoms with van der Waals surface area (Å²) in [6, 6.07) is 0. The van der Waals surface area contributed by atoms with E-state index in [0.29, 0.717) is 12.8 Å². The predicted octanol–water partition coefficient (Wildman–Crippen LogP) is 6.98. The Kier molecular flexibility index (Phi) is 24.5. The minimum atomic E-state index is -0.674. The van der Waals surface area contributed by atoms with E-state index in [2.05, 4.69) is 13.5 Å². The minimum absolute atomic E-state index is 0.326. The summed E-state index contributed by atoms with van der Waals surface area (Å²) < 4.78 is 0. The van der Waals surface area contributed by atoms with E-state index in [9.17, 15) is 9.59 Å². The first-order valence-electron chi connectivity index (χ1n) is 10.6. The van der Waals surface area contributed by atoms with E-state index in [1.54, 1.807) is 0 Å². The summed E-state index contributed by atoms with van der Waals surface area (Å²) in [6.45, 7) is 5.88. The minimum Gasteiger partial charge on any atom is -0.481 e. The second-order valence-corrected chi connectivity index (χ2v) is 6.96. The van der Waals surface area contributed by atoms with Crippen LogP contribution in [0, 0.1) is 0 Å². The largest absolute Gasteiger partial charge is 0.481 e. The van der Waals surface area contributed by atoms with Crippen molar-refractivity contribution in [2.24, 2.45) is 0 Å². The third-order valence-electron chi connectivity index (χ3n) is 4.29. The lowest BCUT2D eigenvalue weighted by atomic mass is 10.1. The maximum Gasteiger partial charge on any atom is 0.303 e. The molecule has 0 aliphatic rings. The highest BCUT2D eigenvalue weighted by Gasteiger charge is 1.96. The summed E-state index contributed by atoms with van der Waals surface area (Å²) in [5, 5.41) is 16.8. The van der Waals surface area contributed by atoms with Gasteiger partial charge in [0.2, 0.25) is 0 Å². The molecule has 4 heteroatoms. The van der Waals surface area contributed by atoms with Crippen molar-refractivity contribution in [1.29, 1.82) is 0 Å². The third-order valence-corrected chi connectivity index (χ3v) is 4.29. The monoisotopic (exact) mass is 370 g/mol. The van der Waals surface area contributed by atoms with Crippen LogP contribution in [0.2, 0.25) is 0 Å². The molecule has 0 radical (unpaired) electrons. The fourth-order valence-corrected chi connectivity index (χ4v) is 2.68. The third kappa shape index (κ3) is 30.5. The summed E-state index contributed by atoms with van der Waals surface area (Å²) in [6.07, 6.45) is 20.2. The number of rotatable bonds is 18. The number of hydrogen-bond donors (Lipinski definition) is 2. The molecule has 0 rings (SSSR count). The molecule has 0 bridgehead atoms. The van der Waals surface area contributed by atoms with Crippen LogP contribution < -0.4 is 0 Å². The summed E-state index contributed by atoms with van der Waals surface area (Å²) in [5.74, 6) is -1.34. The summed E-state index contributed by atoms with van der Waals surface area (Å²) in [7, 11) is 0. The van der Waals surface area contributed by atoms with Crippen molar-refractivity contribution in [3.63, 3.8) is 0 Å². The zero-order valence-corrected chi connectivity index (χ0v) is 17.0. The molecule has 0 saturated carbocycles. The van der Waals surface area contributed by atoms with Gasteiger partial charge in [-0.1, -0.05) is 83.6 Å². The molecule has 0 aliphatic heterocycles. The number of carboxylic acid groups (broad SMARTS) is 2. The van der Waals surface area contributed by atoms with E-state index in [-0.39, 0.29) is 0 Å². The van der Waals surface area contributed by atoms with Crippen molar-refractivity contribution in [3.8, 4) is 0 Å². The number of carboxylic acids is 2. The molecule has 2 N–H and O–H groups in total. The molecule has 0 aromatic rings. The van der Waals surface area contributed by atoms with Crippen molar-refractivity contribution in [2.45, 2.75) is 116 Å². The quantitative estimate of drug-likeness (QED) is 0.201. The zero-order valence-electron chi connectivity index (χ0n) is 17.0. The molecule has 0 unspecified atom stereocenters. The maximum atomic E-state index is 10.2. The van der Waals surface area contributed by atoms with Gasteiger partial charge in [0.15, 0.2) is 0 Å². The van der Waals surface area contributed by atoms with Crippen LogP contribution in [0.1, 0.15) is 116 Å². The summed E-state index contributed by atoms with van der Waals surface area (Å²) in [5.41, 5.74) is 0. The lowest BCUT2D eigenvalue weighted by Crippen LogP contribution is -1.93. The maximum absolute atomic E-state index is 10.2. The van der Waals surface area contributed by atoms with Crippen molar-refractivity contribution in [3.05, 3.63) is 12.7 Å². The Hall–Kier alpha value is -1.32. The van der Waals surface area contributed by atoms with Crippen molar-refractivity contribution in [1.82, 2.24) is 0 Å². The Bertz CT molecular complexity index is 326. The van der Waals surface area contributed by atoms with Gasteiger partial charge < -0.3 is 10.2 Å². The number of hydrogen-bond acceptors (Lipinski definition) is 2. The fourth-order valence-electron chi connectivity index (χ4n) is 2.68. The first-order chi connectivity index (χ1) is 12.5. The molecule has 26 heavy (non-hydrogen) atoms. The molecular weight excluding hydrogens is 328 g/mol. The zero-order chi connectivity index (χ0) is 19.9. The average molecular weight is 371 g/mol. The van der Waals surface area contributed by atoms with E-state index in [4.69, 9.17) is 10.2 Å². The molecular formula is C22H42O4. The molecule has 154 valence electrons. The molecule has 4 nitrogen and oxygen atoms in total. The first-order valence-corrected chi connectivity index (χ1v) is 10.6. The van der Waals surface area contributed by atoms with E-state index >= 15 is 0 Å². The fraction of sp³-hybridized carbons (Fsp3) is 0.818. The van der Waals surface area contributed by atoms with Gasteiger partial charge >= 0.3 is 11.9 Å². The van der Waals surface area contributed by atoms with E-state index in [0.717, 1.165) is 32.1 Å². The normalized spacial score (nSPS) is 10.0. The Morgan fingerprint density at radius 3 is 1.35 bits per heavy atom. The molecule has 0 aromatic carbocycles. The van der Waals surface area contributed by atoms with Crippen molar-refractivity contribution < 1.29 is 19.8 Å². The van der Waals surface area contributed by atoms with Gasteiger partial charge in [0.05, 0.1) is 0 Å². The van der Waals surface area contributed by atoms with E-state index in [1.165, 1.54) is 64.2 Å². The van der Waals surface area contributed by atoms with Crippen molar-refractivity contribution in [2.75, 3.05) is 0 Å². The summed E-state index contributed by atoms with van der Waals surface area (Å²) in [4.78, 5) is 20.3. The standard InChI is InChI=1S/C11H22O2.C11H20O2/c2*1-2-3-4-5-6-7-8-9-10-11(12)13/h2-10H2,1H3,(H,12,13);2H,1,3-10H2,(H,12,13). The van der Waals surface area contributed by atoms with Gasteiger partial charge in [-0.2, -0.15) is 0 Å². The van der Waals surface area contributed by atoms with Gasteiger partial charge in [-0.25, -0.2) is 0 Å². The lowest BCUT2D eigenvalue weighted by Gasteiger charge is -1.99. The van der Waals surface area contributed by atoms with Crippen LogP contribution >= 0.6 is 0 Å². The second kappa shape index (κ2) is 23.7. The highest BCUT2D eigenvalue weighted by molar-refractivity contribution is 5.66. The molecule has 0 heterocycles. The number of carbonyl (C=O) groups is 2. The molecule has 0 aromatic heterocycles. The van der Waals surface area contributed by atoms with Crippen LogP contribution in [0.3, 0.4) is 0 Å². The number of allylic oxidation sites excluding steroid dienone is 1. The van der Waals surface area contributed by atoms with Crippen molar-refractivity contribution >= 4 is 11.9 Å². The summed E-state index contributed by atoms with van der Waals surface area (Å²) >= 11 is 0. The predicted molar refractivity (Wildman–Crippen MR) is 110 cm³/mol. The second-order valence-electron chi connectivity index (χ2n) is 6.96. The van der Waals surface area contributed by atoms with Gasteiger partial charge in [-0.05, 0) is 25.7 Å². The van der Waals surface area contributed by atoms with Crippen LogP contribution in [0.15, 0.2) is 12.7 Å². The Morgan fingerprint density at radius 2 is 1.00 bits per heavy atom. The Morgan fingerprint density at radius 1 is 0.654 bits per heavy atom. The molecule has 0 spiro atoms. The number of aliphatic carboxylic acids is 2. The Labute approximate surface area is 161 Å². The van der Waals surface area contributed by atoms with Gasteiger partial charge in [0.1, 0.15) is 0 Å². The smallest absolute Gasteiger partial charge is 0.303 e. The molecule has 0 saturated heterocycles. The van der Waals surface area contributed by atoms with E-state index in [1.807, 2.05) is 6.08 Å². The van der Waals surface area contributed by atoms with Crippen LogP contribution in [-0.4, -0.2) is 22.2 Å². The lowest BCUT2D eigenvalue weighted by molar-refractivity contribution is -0.138. The van der Waals surface area contributed by atoms with Gasteiger partial charge in [0.25, 0.3) is 0 Å². The van der Waals surface area contributed by atoms with Gasteiger partial charge in [0, 0.05) is 12.8 Å². The van der Waals surface area contributed by atoms with Gasteiger partial charge in [-0.15, -0.1) is 6.58 Å². The first kappa shape index (κ1) is 26.9.